The minimum absolute atomic E-state index is 0.000332. The second-order valence-corrected chi connectivity index (χ2v) is 17.5. The van der Waals surface area contributed by atoms with Gasteiger partial charge in [-0.3, -0.25) is 10.1 Å². The van der Waals surface area contributed by atoms with Gasteiger partial charge in [0.1, 0.15) is 0 Å². The van der Waals surface area contributed by atoms with E-state index >= 15 is 0 Å². The summed E-state index contributed by atoms with van der Waals surface area (Å²) in [5, 5.41) is 13.9. The van der Waals surface area contributed by atoms with Gasteiger partial charge in [-0.1, -0.05) is 111 Å². The largest absolute Gasteiger partial charge is 0.407 e. The van der Waals surface area contributed by atoms with Crippen molar-refractivity contribution in [3.8, 4) is 0 Å². The molecule has 9 heteroatoms. The molecule has 1 unspecified atom stereocenters. The molecule has 4 rings (SSSR count). The molecular formula is C32H38N2O5SSi. The summed E-state index contributed by atoms with van der Waals surface area (Å²) in [6.45, 7) is 11.3. The van der Waals surface area contributed by atoms with Crippen LogP contribution >= 0.6 is 0 Å². The van der Waals surface area contributed by atoms with E-state index in [1.54, 1.807) is 0 Å². The zero-order chi connectivity index (χ0) is 29.7. The molecular weight excluding hydrogens is 553 g/mol. The fourth-order valence-corrected chi connectivity index (χ4v) is 11.7. The van der Waals surface area contributed by atoms with Crippen molar-refractivity contribution in [3.63, 3.8) is 0 Å². The maximum absolute atomic E-state index is 13.4. The van der Waals surface area contributed by atoms with Crippen LogP contribution in [0.2, 0.25) is 5.04 Å². The first-order chi connectivity index (χ1) is 19.5. The van der Waals surface area contributed by atoms with Crippen molar-refractivity contribution in [2.24, 2.45) is 5.92 Å². The fourth-order valence-electron chi connectivity index (χ4n) is 5.51. The number of nitro benzene ring substituents is 1. The van der Waals surface area contributed by atoms with E-state index in [9.17, 15) is 18.5 Å². The van der Waals surface area contributed by atoms with Crippen molar-refractivity contribution in [1.29, 1.82) is 0 Å². The van der Waals surface area contributed by atoms with E-state index in [0.29, 0.717) is 6.61 Å². The summed E-state index contributed by atoms with van der Waals surface area (Å²) in [6, 6.07) is 26.5. The van der Waals surface area contributed by atoms with Crippen molar-refractivity contribution in [1.82, 2.24) is 4.31 Å². The van der Waals surface area contributed by atoms with E-state index in [1.165, 1.54) is 50.6 Å². The van der Waals surface area contributed by atoms with Gasteiger partial charge in [-0.15, -0.1) is 6.58 Å². The van der Waals surface area contributed by atoms with Crippen LogP contribution in [0.3, 0.4) is 0 Å². The highest BCUT2D eigenvalue weighted by Gasteiger charge is 2.50. The number of nitro groups is 1. The van der Waals surface area contributed by atoms with Gasteiger partial charge in [-0.25, -0.2) is 8.42 Å². The van der Waals surface area contributed by atoms with E-state index in [-0.39, 0.29) is 28.9 Å². The normalized spacial score (nSPS) is 15.4. The number of sulfonamides is 1. The first-order valence-electron chi connectivity index (χ1n) is 13.8. The minimum atomic E-state index is -4.07. The van der Waals surface area contributed by atoms with Crippen molar-refractivity contribution < 1.29 is 17.8 Å². The highest BCUT2D eigenvalue weighted by Crippen LogP contribution is 2.38. The standard InChI is InChI=1S/C32H38N2O5SSi/c1-5-22-33(40(37,38)31-21-13-12-20-30(31)34(35)36)25-27-24-26(27)15-14-23-39-41(32(2,3)4,28-16-8-6-9-17-28)29-18-10-7-11-19-29/h5-13,16-21,24,27H,1,14-15,22-23,25H2,2-4H3. The number of benzene rings is 3. The highest BCUT2D eigenvalue weighted by molar-refractivity contribution is 7.89. The predicted octanol–water partition coefficient (Wildman–Crippen LogP) is 5.68. The van der Waals surface area contributed by atoms with Crippen LogP contribution in [0.5, 0.6) is 0 Å². The second kappa shape index (κ2) is 12.6. The molecule has 0 saturated heterocycles. The van der Waals surface area contributed by atoms with Gasteiger partial charge >= 0.3 is 0 Å². The second-order valence-electron chi connectivity index (χ2n) is 11.3. The van der Waals surface area contributed by atoms with Crippen molar-refractivity contribution in [2.75, 3.05) is 19.7 Å². The van der Waals surface area contributed by atoms with E-state index in [0.717, 1.165) is 12.8 Å². The Kier molecular flexibility index (Phi) is 9.43. The van der Waals surface area contributed by atoms with E-state index in [2.05, 4.69) is 82.0 Å². The number of para-hydroxylation sites is 1. The van der Waals surface area contributed by atoms with Gasteiger partial charge in [-0.2, -0.15) is 4.31 Å². The van der Waals surface area contributed by atoms with Gasteiger partial charge in [0.15, 0.2) is 4.90 Å². The molecule has 3 aromatic carbocycles. The van der Waals surface area contributed by atoms with Crippen LogP contribution in [0.15, 0.2) is 114 Å². The summed E-state index contributed by atoms with van der Waals surface area (Å²) in [6.07, 6.45) is 5.20. The van der Waals surface area contributed by atoms with Crippen molar-refractivity contribution >= 4 is 34.4 Å². The third-order valence-electron chi connectivity index (χ3n) is 7.54. The summed E-state index contributed by atoms with van der Waals surface area (Å²) >= 11 is 0. The lowest BCUT2D eigenvalue weighted by molar-refractivity contribution is -0.387. The van der Waals surface area contributed by atoms with Crippen molar-refractivity contribution in [2.45, 2.75) is 43.5 Å². The molecule has 0 fully saturated rings. The Bertz CT molecular complexity index is 1460. The lowest BCUT2D eigenvalue weighted by atomic mass is 10.2. The molecule has 1 aliphatic rings. The predicted molar refractivity (Wildman–Crippen MR) is 166 cm³/mol. The van der Waals surface area contributed by atoms with E-state index < -0.39 is 29.0 Å². The topological polar surface area (TPSA) is 89.8 Å². The Morgan fingerprint density at radius 3 is 2.07 bits per heavy atom. The maximum atomic E-state index is 13.4. The summed E-state index contributed by atoms with van der Waals surface area (Å²) in [7, 11) is -6.68. The maximum Gasteiger partial charge on any atom is 0.289 e. The molecule has 0 aliphatic heterocycles. The van der Waals surface area contributed by atoms with Gasteiger partial charge in [0.2, 0.25) is 10.0 Å². The van der Waals surface area contributed by atoms with Crippen molar-refractivity contribution in [3.05, 3.63) is 119 Å². The molecule has 41 heavy (non-hydrogen) atoms. The lowest BCUT2D eigenvalue weighted by Gasteiger charge is -2.43. The minimum Gasteiger partial charge on any atom is -0.407 e. The Labute approximate surface area is 244 Å². The molecule has 0 N–H and O–H groups in total. The van der Waals surface area contributed by atoms with Crippen LogP contribution in [-0.4, -0.2) is 45.7 Å². The number of hydrogen-bond donors (Lipinski definition) is 0. The summed E-state index contributed by atoms with van der Waals surface area (Å²) in [5.74, 6) is 0.000332. The van der Waals surface area contributed by atoms with Gasteiger partial charge in [-0.05, 0) is 34.3 Å². The lowest BCUT2D eigenvalue weighted by Crippen LogP contribution is -2.66. The summed E-state index contributed by atoms with van der Waals surface area (Å²) < 4.78 is 35.0. The Morgan fingerprint density at radius 1 is 0.976 bits per heavy atom. The quantitative estimate of drug-likeness (QED) is 0.0792. The molecule has 0 amide bonds. The number of nitrogens with zero attached hydrogens (tertiary/aromatic N) is 2. The average molecular weight is 591 g/mol. The molecule has 0 bridgehead atoms. The molecule has 3 aromatic rings. The summed E-state index contributed by atoms with van der Waals surface area (Å²) in [4.78, 5) is 10.5. The molecule has 0 aromatic heterocycles. The molecule has 7 nitrogen and oxygen atoms in total. The monoisotopic (exact) mass is 590 g/mol. The van der Waals surface area contributed by atoms with Crippen LogP contribution in [0.1, 0.15) is 33.6 Å². The van der Waals surface area contributed by atoms with Crippen LogP contribution in [0, 0.1) is 16.0 Å². The van der Waals surface area contributed by atoms with Crippen LogP contribution in [0.25, 0.3) is 0 Å². The molecule has 216 valence electrons. The first-order valence-corrected chi connectivity index (χ1v) is 17.2. The summed E-state index contributed by atoms with van der Waals surface area (Å²) in [5.41, 5.74) is 0.758. The van der Waals surface area contributed by atoms with Gasteiger partial charge in [0, 0.05) is 31.7 Å². The van der Waals surface area contributed by atoms with Crippen LogP contribution in [-0.2, 0) is 14.4 Å². The van der Waals surface area contributed by atoms with E-state index in [4.69, 9.17) is 4.43 Å². The number of hydrogen-bond acceptors (Lipinski definition) is 5. The molecule has 1 atom stereocenters. The van der Waals surface area contributed by atoms with Crippen LogP contribution < -0.4 is 10.4 Å². The SMILES string of the molecule is C=CCN(CC1C=C1CCCO[Si](c1ccccc1)(c1ccccc1)C(C)(C)C)S(=O)(=O)c1ccccc1[N+](=O)[O-]. The third kappa shape index (κ3) is 6.59. The molecule has 1 aliphatic carbocycles. The van der Waals surface area contributed by atoms with Gasteiger partial charge < -0.3 is 4.43 Å². The fraction of sp³-hybridized carbons (Fsp3) is 0.312. The molecule has 0 radical (unpaired) electrons. The zero-order valence-corrected chi connectivity index (χ0v) is 25.7. The molecule has 0 spiro atoms. The number of rotatable bonds is 14. The Balaban J connectivity index is 1.43. The zero-order valence-electron chi connectivity index (χ0n) is 23.9. The Morgan fingerprint density at radius 2 is 1.54 bits per heavy atom. The van der Waals surface area contributed by atoms with Crippen LogP contribution in [0.4, 0.5) is 5.69 Å². The Hall–Kier alpha value is -3.37. The molecule has 0 saturated carbocycles. The third-order valence-corrected chi connectivity index (χ3v) is 14.5. The first kappa shape index (κ1) is 30.6. The van der Waals surface area contributed by atoms with E-state index in [1.807, 2.05) is 12.1 Å². The average Bonchev–Trinajstić information content (AvgIpc) is 3.70. The molecule has 0 heterocycles. The highest BCUT2D eigenvalue weighted by atomic mass is 32.2. The van der Waals surface area contributed by atoms with Gasteiger partial charge in [0.05, 0.1) is 4.92 Å². The smallest absolute Gasteiger partial charge is 0.289 e. The van der Waals surface area contributed by atoms with Gasteiger partial charge in [0.25, 0.3) is 14.0 Å².